The number of rotatable bonds is 8. The Hall–Kier alpha value is -3.07. The lowest BCUT2D eigenvalue weighted by molar-refractivity contribution is -0.151. The Morgan fingerprint density at radius 1 is 1.03 bits per heavy atom. The van der Waals surface area contributed by atoms with Gasteiger partial charge < -0.3 is 14.4 Å². The summed E-state index contributed by atoms with van der Waals surface area (Å²) in [4.78, 5) is 26.7. The quantitative estimate of drug-likeness (QED) is 0.544. The Kier molecular flexibility index (Phi) is 7.97. The number of likely N-dealkylation sites (tertiary alicyclic amines) is 1. The van der Waals surface area contributed by atoms with E-state index in [1.807, 2.05) is 30.3 Å². The molecule has 178 valence electrons. The first-order valence-electron chi connectivity index (χ1n) is 11.0. The molecule has 0 bridgehead atoms. The maximum absolute atomic E-state index is 13.1. The Bertz CT molecular complexity index is 1050. The summed E-state index contributed by atoms with van der Waals surface area (Å²) in [6.07, 6.45) is 2.08. The zero-order valence-electron chi connectivity index (χ0n) is 19.1. The molecule has 1 heterocycles. The van der Waals surface area contributed by atoms with Crippen molar-refractivity contribution in [3.63, 3.8) is 0 Å². The van der Waals surface area contributed by atoms with E-state index >= 15 is 0 Å². The first-order chi connectivity index (χ1) is 15.7. The predicted molar refractivity (Wildman–Crippen MR) is 126 cm³/mol. The fraction of sp³-hybridized carbons (Fsp3) is 0.417. The third-order valence-electron chi connectivity index (χ3n) is 5.56. The van der Waals surface area contributed by atoms with Crippen molar-refractivity contribution in [2.24, 2.45) is 5.92 Å². The molecule has 0 aliphatic carbocycles. The van der Waals surface area contributed by atoms with E-state index < -0.39 is 16.1 Å². The number of esters is 1. The van der Waals surface area contributed by atoms with Crippen molar-refractivity contribution in [3.8, 4) is 11.5 Å². The lowest BCUT2D eigenvalue weighted by Gasteiger charge is -2.36. The van der Waals surface area contributed by atoms with Crippen LogP contribution in [-0.2, 0) is 24.3 Å². The van der Waals surface area contributed by atoms with Gasteiger partial charge in [0.15, 0.2) is 0 Å². The summed E-state index contributed by atoms with van der Waals surface area (Å²) in [6, 6.07) is 14.9. The highest BCUT2D eigenvalue weighted by molar-refractivity contribution is 7.92. The Morgan fingerprint density at radius 2 is 1.61 bits per heavy atom. The molecular formula is C24H30N2O6S. The number of amides is 1. The molecule has 8 nitrogen and oxygen atoms in total. The number of carbonyl (C=O) groups excluding carboxylic acids is 2. The van der Waals surface area contributed by atoms with E-state index in [2.05, 4.69) is 0 Å². The van der Waals surface area contributed by atoms with Crippen molar-refractivity contribution in [1.82, 2.24) is 4.90 Å². The molecule has 0 unspecified atom stereocenters. The SMILES string of the molecule is CCOC(=O)C1CCN(C(=O)[C@@H](C)N(c2ccc(Oc3ccccc3)cc2)S(C)(=O)=O)CC1. The highest BCUT2D eigenvalue weighted by Crippen LogP contribution is 2.28. The van der Waals surface area contributed by atoms with Crippen LogP contribution in [-0.4, -0.2) is 57.2 Å². The number of sulfonamides is 1. The largest absolute Gasteiger partial charge is 0.466 e. The molecule has 0 radical (unpaired) electrons. The fourth-order valence-electron chi connectivity index (χ4n) is 3.95. The van der Waals surface area contributed by atoms with E-state index in [0.29, 0.717) is 49.7 Å². The van der Waals surface area contributed by atoms with Crippen LogP contribution in [0.15, 0.2) is 54.6 Å². The molecule has 3 rings (SSSR count). The molecule has 1 aliphatic heterocycles. The molecule has 9 heteroatoms. The van der Waals surface area contributed by atoms with Gasteiger partial charge >= 0.3 is 5.97 Å². The predicted octanol–water partition coefficient (Wildman–Crippen LogP) is 3.44. The van der Waals surface area contributed by atoms with Crippen LogP contribution in [0.3, 0.4) is 0 Å². The monoisotopic (exact) mass is 474 g/mol. The topological polar surface area (TPSA) is 93.2 Å². The maximum atomic E-state index is 13.1. The van der Waals surface area contributed by atoms with Gasteiger partial charge in [-0.3, -0.25) is 13.9 Å². The lowest BCUT2D eigenvalue weighted by Crippen LogP contribution is -2.51. The molecule has 1 atom stereocenters. The molecule has 0 saturated carbocycles. The second kappa shape index (κ2) is 10.7. The van der Waals surface area contributed by atoms with E-state index in [9.17, 15) is 18.0 Å². The van der Waals surface area contributed by atoms with Gasteiger partial charge in [0.25, 0.3) is 0 Å². The molecule has 0 N–H and O–H groups in total. The van der Waals surface area contributed by atoms with E-state index in [1.54, 1.807) is 43.0 Å². The summed E-state index contributed by atoms with van der Waals surface area (Å²) in [6.45, 7) is 4.43. The second-order valence-electron chi connectivity index (χ2n) is 8.00. The third-order valence-corrected chi connectivity index (χ3v) is 6.80. The van der Waals surface area contributed by atoms with Crippen molar-refractivity contribution in [2.75, 3.05) is 30.3 Å². The van der Waals surface area contributed by atoms with E-state index in [1.165, 1.54) is 0 Å². The summed E-state index contributed by atoms with van der Waals surface area (Å²) in [5.74, 6) is 0.450. The minimum Gasteiger partial charge on any atom is -0.466 e. The van der Waals surface area contributed by atoms with Gasteiger partial charge in [-0.15, -0.1) is 0 Å². The Balaban J connectivity index is 1.71. The van der Waals surface area contributed by atoms with Crippen LogP contribution in [0.1, 0.15) is 26.7 Å². The van der Waals surface area contributed by atoms with Crippen molar-refractivity contribution in [1.29, 1.82) is 0 Å². The standard InChI is InChI=1S/C24H30N2O6S/c1-4-31-24(28)19-14-16-25(17-15-19)23(27)18(2)26(33(3,29)30)20-10-12-22(13-11-20)32-21-8-6-5-7-9-21/h5-13,18-19H,4,14-17H2,1-3H3/t18-/m1/s1. The number of anilines is 1. The van der Waals surface area contributed by atoms with Crippen LogP contribution < -0.4 is 9.04 Å². The summed E-state index contributed by atoms with van der Waals surface area (Å²) in [5.41, 5.74) is 0.375. The van der Waals surface area contributed by atoms with Gasteiger partial charge in [0.1, 0.15) is 17.5 Å². The number of hydrogen-bond donors (Lipinski definition) is 0. The molecule has 2 aromatic rings. The average Bonchev–Trinajstić information content (AvgIpc) is 2.80. The number of hydrogen-bond acceptors (Lipinski definition) is 6. The molecule has 33 heavy (non-hydrogen) atoms. The van der Waals surface area contributed by atoms with Gasteiger partial charge in [-0.1, -0.05) is 18.2 Å². The van der Waals surface area contributed by atoms with Gasteiger partial charge in [-0.2, -0.15) is 0 Å². The Morgan fingerprint density at radius 3 is 2.15 bits per heavy atom. The van der Waals surface area contributed by atoms with Crippen molar-refractivity contribution in [3.05, 3.63) is 54.6 Å². The highest BCUT2D eigenvalue weighted by atomic mass is 32.2. The first kappa shape index (κ1) is 24.6. The van der Waals surface area contributed by atoms with Crippen molar-refractivity contribution >= 4 is 27.6 Å². The van der Waals surface area contributed by atoms with Gasteiger partial charge in [-0.05, 0) is 63.1 Å². The zero-order chi connectivity index (χ0) is 24.0. The molecule has 1 amide bonds. The number of para-hydroxylation sites is 1. The van der Waals surface area contributed by atoms with E-state index in [-0.39, 0.29) is 17.8 Å². The molecule has 1 fully saturated rings. The number of benzene rings is 2. The van der Waals surface area contributed by atoms with E-state index in [4.69, 9.17) is 9.47 Å². The fourth-order valence-corrected chi connectivity index (χ4v) is 5.12. The third kappa shape index (κ3) is 6.25. The average molecular weight is 475 g/mol. The minimum atomic E-state index is -3.73. The van der Waals surface area contributed by atoms with Crippen LogP contribution in [0.5, 0.6) is 11.5 Å². The summed E-state index contributed by atoms with van der Waals surface area (Å²) >= 11 is 0. The molecule has 0 aromatic heterocycles. The number of nitrogens with zero attached hydrogens (tertiary/aromatic N) is 2. The van der Waals surface area contributed by atoms with Crippen LogP contribution in [0.2, 0.25) is 0 Å². The molecule has 0 spiro atoms. The van der Waals surface area contributed by atoms with E-state index in [0.717, 1.165) is 10.6 Å². The second-order valence-corrected chi connectivity index (χ2v) is 9.85. The van der Waals surface area contributed by atoms with Gasteiger partial charge in [-0.25, -0.2) is 8.42 Å². The van der Waals surface area contributed by atoms with Crippen molar-refractivity contribution < 1.29 is 27.5 Å². The maximum Gasteiger partial charge on any atom is 0.309 e. The number of piperidine rings is 1. The Labute approximate surface area is 195 Å². The van der Waals surface area contributed by atoms with Gasteiger partial charge in [0, 0.05) is 13.1 Å². The van der Waals surface area contributed by atoms with Crippen molar-refractivity contribution in [2.45, 2.75) is 32.7 Å². The molecule has 1 saturated heterocycles. The van der Waals surface area contributed by atoms with Gasteiger partial charge in [0.2, 0.25) is 15.9 Å². The highest BCUT2D eigenvalue weighted by Gasteiger charge is 2.35. The lowest BCUT2D eigenvalue weighted by atomic mass is 9.96. The van der Waals surface area contributed by atoms with Crippen LogP contribution in [0.25, 0.3) is 0 Å². The normalized spacial score (nSPS) is 15.5. The smallest absolute Gasteiger partial charge is 0.309 e. The minimum absolute atomic E-state index is 0.229. The van der Waals surface area contributed by atoms with Crippen LogP contribution in [0.4, 0.5) is 5.69 Å². The molecule has 1 aliphatic rings. The molecule has 2 aromatic carbocycles. The van der Waals surface area contributed by atoms with Gasteiger partial charge in [0.05, 0.1) is 24.5 Å². The molecular weight excluding hydrogens is 444 g/mol. The summed E-state index contributed by atoms with van der Waals surface area (Å²) in [5, 5.41) is 0. The first-order valence-corrected chi connectivity index (χ1v) is 12.8. The number of carbonyl (C=O) groups is 2. The van der Waals surface area contributed by atoms with Crippen LogP contribution >= 0.6 is 0 Å². The zero-order valence-corrected chi connectivity index (χ0v) is 20.0. The van der Waals surface area contributed by atoms with Crippen LogP contribution in [0, 0.1) is 5.92 Å². The number of ether oxygens (including phenoxy) is 2. The summed E-state index contributed by atoms with van der Waals surface area (Å²) in [7, 11) is -3.73. The summed E-state index contributed by atoms with van der Waals surface area (Å²) < 4.78 is 37.2.